The van der Waals surface area contributed by atoms with Gasteiger partial charge in [0.2, 0.25) is 0 Å². The van der Waals surface area contributed by atoms with Crippen molar-refractivity contribution in [3.05, 3.63) is 27.5 Å². The molecule has 1 rings (SSSR count). The van der Waals surface area contributed by atoms with E-state index in [4.69, 9.17) is 17.3 Å². The van der Waals surface area contributed by atoms with Gasteiger partial charge in [0.05, 0.1) is 5.02 Å². The maximum Gasteiger partial charge on any atom is 0.145 e. The first-order valence-electron chi connectivity index (χ1n) is 4.23. The van der Waals surface area contributed by atoms with Crippen molar-refractivity contribution in [2.75, 3.05) is 5.73 Å². The molecular formula is C10H13ClFN. The smallest absolute Gasteiger partial charge is 0.145 e. The van der Waals surface area contributed by atoms with Crippen molar-refractivity contribution in [3.8, 4) is 0 Å². The maximum absolute atomic E-state index is 13.4. The highest BCUT2D eigenvalue weighted by Gasteiger charge is 2.15. The van der Waals surface area contributed by atoms with Gasteiger partial charge in [0.25, 0.3) is 0 Å². The highest BCUT2D eigenvalue weighted by molar-refractivity contribution is 6.32. The Balaban J connectivity index is 3.56. The molecule has 13 heavy (non-hydrogen) atoms. The molecule has 0 bridgehead atoms. The Hall–Kier alpha value is -0.760. The number of benzene rings is 1. The molecule has 0 aliphatic heterocycles. The first kappa shape index (κ1) is 10.3. The number of hydrogen-bond donors (Lipinski definition) is 1. The third kappa shape index (κ3) is 1.51. The second-order valence-electron chi connectivity index (χ2n) is 3.12. The minimum absolute atomic E-state index is 0.170. The van der Waals surface area contributed by atoms with E-state index in [-0.39, 0.29) is 10.8 Å². The molecule has 2 N–H and O–H groups in total. The molecule has 0 aliphatic rings. The zero-order valence-electron chi connectivity index (χ0n) is 8.04. The van der Waals surface area contributed by atoms with Crippen molar-refractivity contribution in [1.29, 1.82) is 0 Å². The number of anilines is 1. The first-order valence-corrected chi connectivity index (χ1v) is 4.61. The lowest BCUT2D eigenvalue weighted by Crippen LogP contribution is -2.02. The Morgan fingerprint density at radius 3 is 2.31 bits per heavy atom. The lowest BCUT2D eigenvalue weighted by molar-refractivity contribution is 0.615. The van der Waals surface area contributed by atoms with Gasteiger partial charge >= 0.3 is 0 Å². The Morgan fingerprint density at radius 2 is 1.85 bits per heavy atom. The van der Waals surface area contributed by atoms with Crippen LogP contribution >= 0.6 is 11.6 Å². The summed E-state index contributed by atoms with van der Waals surface area (Å²) in [6.45, 7) is 5.40. The zero-order chi connectivity index (χ0) is 10.2. The van der Waals surface area contributed by atoms with Gasteiger partial charge < -0.3 is 5.73 Å². The largest absolute Gasteiger partial charge is 0.398 e. The highest BCUT2D eigenvalue weighted by Crippen LogP contribution is 2.32. The molecule has 0 radical (unpaired) electrons. The Labute approximate surface area is 82.7 Å². The van der Waals surface area contributed by atoms with E-state index in [1.165, 1.54) is 0 Å². The summed E-state index contributed by atoms with van der Waals surface area (Å²) in [6, 6.07) is 0. The molecule has 0 saturated carbocycles. The molecule has 1 nitrogen and oxygen atoms in total. The lowest BCUT2D eigenvalue weighted by atomic mass is 10.0. The van der Waals surface area contributed by atoms with E-state index in [0.717, 1.165) is 5.56 Å². The van der Waals surface area contributed by atoms with Gasteiger partial charge in [-0.25, -0.2) is 4.39 Å². The van der Waals surface area contributed by atoms with Crippen LogP contribution in [0.1, 0.15) is 23.6 Å². The average Bonchev–Trinajstić information content (AvgIpc) is 2.13. The normalized spacial score (nSPS) is 10.5. The number of halogens is 2. The van der Waals surface area contributed by atoms with Crippen molar-refractivity contribution in [3.63, 3.8) is 0 Å². The molecule has 3 heteroatoms. The second-order valence-corrected chi connectivity index (χ2v) is 3.50. The molecule has 72 valence electrons. The van der Waals surface area contributed by atoms with Gasteiger partial charge in [0.1, 0.15) is 5.82 Å². The molecule has 0 spiro atoms. The molecule has 0 fully saturated rings. The van der Waals surface area contributed by atoms with E-state index in [1.807, 2.05) is 13.8 Å². The summed E-state index contributed by atoms with van der Waals surface area (Å²) >= 11 is 5.82. The van der Waals surface area contributed by atoms with Gasteiger partial charge in [-0.2, -0.15) is 0 Å². The van der Waals surface area contributed by atoms with E-state index in [1.54, 1.807) is 6.92 Å². The van der Waals surface area contributed by atoms with Crippen LogP contribution in [0.25, 0.3) is 0 Å². The van der Waals surface area contributed by atoms with Crippen LogP contribution in [0.15, 0.2) is 0 Å². The van der Waals surface area contributed by atoms with Gasteiger partial charge in [-0.1, -0.05) is 18.5 Å². The van der Waals surface area contributed by atoms with E-state index >= 15 is 0 Å². The molecule has 0 atom stereocenters. The molecule has 1 aromatic carbocycles. The van der Waals surface area contributed by atoms with Crippen LogP contribution in [-0.2, 0) is 6.42 Å². The number of hydrogen-bond acceptors (Lipinski definition) is 1. The summed E-state index contributed by atoms with van der Waals surface area (Å²) in [4.78, 5) is 0. The van der Waals surface area contributed by atoms with E-state index < -0.39 is 0 Å². The average molecular weight is 202 g/mol. The van der Waals surface area contributed by atoms with E-state index in [0.29, 0.717) is 23.2 Å². The van der Waals surface area contributed by atoms with Crippen molar-refractivity contribution in [2.45, 2.75) is 27.2 Å². The zero-order valence-corrected chi connectivity index (χ0v) is 8.80. The van der Waals surface area contributed by atoms with Crippen LogP contribution < -0.4 is 5.73 Å². The monoisotopic (exact) mass is 201 g/mol. The fraction of sp³-hybridized carbons (Fsp3) is 0.400. The van der Waals surface area contributed by atoms with Crippen LogP contribution in [0, 0.1) is 19.7 Å². The van der Waals surface area contributed by atoms with Gasteiger partial charge in [-0.3, -0.25) is 0 Å². The summed E-state index contributed by atoms with van der Waals surface area (Å²) in [5.41, 5.74) is 8.47. The van der Waals surface area contributed by atoms with Crippen LogP contribution in [0.5, 0.6) is 0 Å². The third-order valence-electron chi connectivity index (χ3n) is 2.43. The summed E-state index contributed by atoms with van der Waals surface area (Å²) in [5.74, 6) is -0.342. The molecule has 1 aromatic rings. The predicted octanol–water partition coefficient (Wildman–Crippen LogP) is 3.24. The molecule has 0 aromatic heterocycles. The predicted molar refractivity (Wildman–Crippen MR) is 54.7 cm³/mol. The summed E-state index contributed by atoms with van der Waals surface area (Å²) in [7, 11) is 0. The SMILES string of the molecule is CCc1c(N)c(C)c(C)c(F)c1Cl. The Morgan fingerprint density at radius 1 is 1.31 bits per heavy atom. The van der Waals surface area contributed by atoms with Crippen molar-refractivity contribution in [1.82, 2.24) is 0 Å². The molecule has 0 amide bonds. The Bertz CT molecular complexity index is 318. The van der Waals surface area contributed by atoms with Gasteiger partial charge in [-0.15, -0.1) is 0 Å². The van der Waals surface area contributed by atoms with Crippen LogP contribution in [0.4, 0.5) is 10.1 Å². The van der Waals surface area contributed by atoms with Crippen molar-refractivity contribution < 1.29 is 4.39 Å². The molecule has 0 unspecified atom stereocenters. The van der Waals surface area contributed by atoms with Gasteiger partial charge in [0.15, 0.2) is 0 Å². The van der Waals surface area contributed by atoms with E-state index in [2.05, 4.69) is 0 Å². The van der Waals surface area contributed by atoms with Crippen LogP contribution in [-0.4, -0.2) is 0 Å². The Kier molecular flexibility index (Phi) is 2.81. The fourth-order valence-corrected chi connectivity index (χ4v) is 1.73. The lowest BCUT2D eigenvalue weighted by Gasteiger charge is -2.13. The minimum Gasteiger partial charge on any atom is -0.398 e. The van der Waals surface area contributed by atoms with Crippen molar-refractivity contribution in [2.24, 2.45) is 0 Å². The maximum atomic E-state index is 13.4. The van der Waals surface area contributed by atoms with Gasteiger partial charge in [0, 0.05) is 5.69 Å². The van der Waals surface area contributed by atoms with Crippen molar-refractivity contribution >= 4 is 17.3 Å². The highest BCUT2D eigenvalue weighted by atomic mass is 35.5. The standard InChI is InChI=1S/C10H13ClFN/c1-4-7-8(11)9(12)5(2)6(3)10(7)13/h4,13H2,1-3H3. The second kappa shape index (κ2) is 3.54. The number of nitrogens with two attached hydrogens (primary N) is 1. The molecule has 0 aliphatic carbocycles. The summed E-state index contributed by atoms with van der Waals surface area (Å²) < 4.78 is 13.4. The third-order valence-corrected chi connectivity index (χ3v) is 2.83. The minimum atomic E-state index is -0.342. The molecule has 0 saturated heterocycles. The molecular weight excluding hydrogens is 189 g/mol. The number of nitrogen functional groups attached to an aromatic ring is 1. The quantitative estimate of drug-likeness (QED) is 0.694. The van der Waals surface area contributed by atoms with E-state index in [9.17, 15) is 4.39 Å². The molecule has 0 heterocycles. The first-order chi connectivity index (χ1) is 6.00. The van der Waals surface area contributed by atoms with Crippen LogP contribution in [0.3, 0.4) is 0 Å². The summed E-state index contributed by atoms with van der Waals surface area (Å²) in [5, 5.41) is 0.170. The van der Waals surface area contributed by atoms with Crippen LogP contribution in [0.2, 0.25) is 5.02 Å². The summed E-state index contributed by atoms with van der Waals surface area (Å²) in [6.07, 6.45) is 0.655. The van der Waals surface area contributed by atoms with Gasteiger partial charge in [-0.05, 0) is 37.0 Å². The topological polar surface area (TPSA) is 26.0 Å². The number of rotatable bonds is 1. The fourth-order valence-electron chi connectivity index (χ4n) is 1.35.